The predicted molar refractivity (Wildman–Crippen MR) is 59.0 cm³/mol. The van der Waals surface area contributed by atoms with E-state index in [1.54, 1.807) is 19.2 Å². The van der Waals surface area contributed by atoms with Crippen LogP contribution in [0.3, 0.4) is 0 Å². The van der Waals surface area contributed by atoms with Crippen LogP contribution in [0.4, 0.5) is 5.69 Å². The van der Waals surface area contributed by atoms with Gasteiger partial charge in [0.15, 0.2) is 5.82 Å². The monoisotopic (exact) mass is 234 g/mol. The van der Waals surface area contributed by atoms with Crippen LogP contribution in [0.1, 0.15) is 5.56 Å². The Morgan fingerprint density at radius 1 is 1.53 bits per heavy atom. The van der Waals surface area contributed by atoms with Crippen LogP contribution in [-0.2, 0) is 13.7 Å². The van der Waals surface area contributed by atoms with E-state index < -0.39 is 11.5 Å². The van der Waals surface area contributed by atoms with Gasteiger partial charge in [-0.15, -0.1) is 0 Å². The quantitative estimate of drug-likeness (QED) is 0.628. The molecule has 2 aromatic rings. The van der Waals surface area contributed by atoms with Gasteiger partial charge in [-0.25, -0.2) is 4.98 Å². The number of aliphatic hydroxyl groups excluding tert-OH is 1. The summed E-state index contributed by atoms with van der Waals surface area (Å²) in [5.41, 5.74) is 0.573. The minimum atomic E-state index is -0.530. The lowest BCUT2D eigenvalue weighted by molar-refractivity contribution is -0.385. The summed E-state index contributed by atoms with van der Waals surface area (Å²) in [5, 5.41) is 24.1. The van der Waals surface area contributed by atoms with E-state index in [0.717, 1.165) is 0 Å². The fourth-order valence-electron chi connectivity index (χ4n) is 1.58. The molecule has 1 aromatic heterocycles. The van der Waals surface area contributed by atoms with Gasteiger partial charge in [0.25, 0.3) is 5.69 Å². The van der Waals surface area contributed by atoms with E-state index in [-0.39, 0.29) is 11.3 Å². The molecule has 1 N–H and O–H groups in total. The summed E-state index contributed by atoms with van der Waals surface area (Å²) in [6, 6.07) is 4.54. The number of hydrogen-bond donors (Lipinski definition) is 1. The Kier molecular flexibility index (Phi) is 2.84. The maximum Gasteiger partial charge on any atom is 0.275 e. The highest BCUT2D eigenvalue weighted by Crippen LogP contribution is 2.28. The van der Waals surface area contributed by atoms with Crippen molar-refractivity contribution < 1.29 is 10.0 Å². The normalized spacial score (nSPS) is 10.5. The number of benzene rings is 1. The second-order valence-electron chi connectivity index (χ2n) is 3.46. The van der Waals surface area contributed by atoms with Crippen LogP contribution in [0.2, 0.25) is 0 Å². The average molecular weight is 234 g/mol. The zero-order valence-electron chi connectivity index (χ0n) is 9.07. The largest absolute Gasteiger partial charge is 0.391 e. The number of aryl methyl sites for hydroxylation is 1. The summed E-state index contributed by atoms with van der Waals surface area (Å²) >= 11 is 0. The third-order valence-electron chi connectivity index (χ3n) is 2.35. The first-order valence-electron chi connectivity index (χ1n) is 4.86. The topological polar surface area (TPSA) is 94.1 Å². The number of aromatic nitrogens is 3. The van der Waals surface area contributed by atoms with Crippen LogP contribution in [0.25, 0.3) is 11.4 Å². The van der Waals surface area contributed by atoms with Crippen molar-refractivity contribution in [3.8, 4) is 11.4 Å². The third kappa shape index (κ3) is 2.00. The van der Waals surface area contributed by atoms with E-state index in [1.807, 2.05) is 0 Å². The van der Waals surface area contributed by atoms with Gasteiger partial charge in [-0.05, 0) is 0 Å². The Morgan fingerprint density at radius 2 is 2.29 bits per heavy atom. The molecule has 0 saturated carbocycles. The average Bonchev–Trinajstić information content (AvgIpc) is 2.74. The lowest BCUT2D eigenvalue weighted by Gasteiger charge is -2.04. The van der Waals surface area contributed by atoms with E-state index >= 15 is 0 Å². The molecule has 2 rings (SSSR count). The first-order chi connectivity index (χ1) is 8.13. The molecule has 0 saturated heterocycles. The number of nitro groups is 1. The van der Waals surface area contributed by atoms with Gasteiger partial charge >= 0.3 is 0 Å². The van der Waals surface area contributed by atoms with E-state index in [9.17, 15) is 15.2 Å². The van der Waals surface area contributed by atoms with E-state index in [2.05, 4.69) is 10.1 Å². The zero-order chi connectivity index (χ0) is 12.4. The maximum atomic E-state index is 10.8. The molecule has 0 bridgehead atoms. The molecule has 17 heavy (non-hydrogen) atoms. The fourth-order valence-corrected chi connectivity index (χ4v) is 1.58. The molecule has 0 atom stereocenters. The van der Waals surface area contributed by atoms with Crippen molar-refractivity contribution in [1.82, 2.24) is 14.8 Å². The van der Waals surface area contributed by atoms with Crippen LogP contribution in [0.15, 0.2) is 24.5 Å². The van der Waals surface area contributed by atoms with Gasteiger partial charge in [0, 0.05) is 18.7 Å². The van der Waals surface area contributed by atoms with E-state index in [1.165, 1.54) is 17.1 Å². The Bertz CT molecular complexity index is 564. The first-order valence-corrected chi connectivity index (χ1v) is 4.86. The van der Waals surface area contributed by atoms with Crippen molar-refractivity contribution >= 4 is 5.69 Å². The first kappa shape index (κ1) is 11.2. The highest BCUT2D eigenvalue weighted by Gasteiger charge is 2.19. The van der Waals surface area contributed by atoms with Crippen molar-refractivity contribution in [2.75, 3.05) is 0 Å². The van der Waals surface area contributed by atoms with Crippen molar-refractivity contribution in [1.29, 1.82) is 0 Å². The van der Waals surface area contributed by atoms with Gasteiger partial charge in [0.2, 0.25) is 0 Å². The van der Waals surface area contributed by atoms with Gasteiger partial charge in [0.1, 0.15) is 6.33 Å². The van der Waals surface area contributed by atoms with Crippen molar-refractivity contribution in [3.63, 3.8) is 0 Å². The highest BCUT2D eigenvalue weighted by molar-refractivity contribution is 5.65. The van der Waals surface area contributed by atoms with Gasteiger partial charge in [0.05, 0.1) is 17.1 Å². The second kappa shape index (κ2) is 4.30. The molecular formula is C10H10N4O3. The minimum absolute atomic E-state index is 0.127. The third-order valence-corrected chi connectivity index (χ3v) is 2.35. The van der Waals surface area contributed by atoms with Crippen molar-refractivity contribution in [2.45, 2.75) is 6.61 Å². The smallest absolute Gasteiger partial charge is 0.275 e. The van der Waals surface area contributed by atoms with E-state index in [0.29, 0.717) is 11.4 Å². The van der Waals surface area contributed by atoms with Crippen LogP contribution < -0.4 is 0 Å². The number of hydrogen-bond acceptors (Lipinski definition) is 5. The lowest BCUT2D eigenvalue weighted by atomic mass is 10.1. The minimum Gasteiger partial charge on any atom is -0.391 e. The van der Waals surface area contributed by atoms with Gasteiger partial charge in [-0.1, -0.05) is 12.1 Å². The second-order valence-corrected chi connectivity index (χ2v) is 3.46. The molecule has 0 fully saturated rings. The summed E-state index contributed by atoms with van der Waals surface area (Å²) in [7, 11) is 1.70. The lowest BCUT2D eigenvalue weighted by Crippen LogP contribution is -1.99. The number of nitro benzene ring substituents is 1. The number of aliphatic hydroxyl groups is 1. The van der Waals surface area contributed by atoms with Crippen LogP contribution in [0.5, 0.6) is 0 Å². The van der Waals surface area contributed by atoms with Gasteiger partial charge in [-0.2, -0.15) is 5.10 Å². The van der Waals surface area contributed by atoms with Crippen LogP contribution in [-0.4, -0.2) is 24.8 Å². The Morgan fingerprint density at radius 3 is 2.82 bits per heavy atom. The summed E-state index contributed by atoms with van der Waals surface area (Å²) in [5.74, 6) is 0.361. The summed E-state index contributed by atoms with van der Waals surface area (Å²) in [6.07, 6.45) is 1.50. The predicted octanol–water partition coefficient (Wildman–Crippen LogP) is 0.883. The highest BCUT2D eigenvalue weighted by atomic mass is 16.6. The molecule has 0 amide bonds. The Hall–Kier alpha value is -2.28. The Balaban J connectivity index is 2.61. The molecule has 1 heterocycles. The molecule has 0 radical (unpaired) electrons. The molecular weight excluding hydrogens is 224 g/mol. The molecule has 0 aliphatic carbocycles. The molecule has 7 heteroatoms. The van der Waals surface area contributed by atoms with Crippen molar-refractivity contribution in [2.24, 2.45) is 7.05 Å². The molecule has 88 valence electrons. The molecule has 0 aliphatic rings. The van der Waals surface area contributed by atoms with Gasteiger partial charge < -0.3 is 5.11 Å². The van der Waals surface area contributed by atoms with Crippen molar-refractivity contribution in [3.05, 3.63) is 40.2 Å². The Labute approximate surface area is 96.5 Å². The number of rotatable bonds is 3. The standard InChI is InChI=1S/C10H10N4O3/c1-13-6-11-10(12-13)7-3-2-4-9(14(16)17)8(7)5-15/h2-4,6,15H,5H2,1H3. The zero-order valence-corrected chi connectivity index (χ0v) is 9.07. The molecule has 0 aliphatic heterocycles. The van der Waals surface area contributed by atoms with E-state index in [4.69, 9.17) is 0 Å². The number of nitrogens with zero attached hydrogens (tertiary/aromatic N) is 4. The molecule has 0 spiro atoms. The summed E-state index contributed by atoms with van der Waals surface area (Å²) in [4.78, 5) is 14.3. The molecule has 1 aromatic carbocycles. The summed E-state index contributed by atoms with van der Waals surface area (Å²) < 4.78 is 1.50. The van der Waals surface area contributed by atoms with Crippen LogP contribution in [0, 0.1) is 10.1 Å². The maximum absolute atomic E-state index is 10.8. The molecule has 7 nitrogen and oxygen atoms in total. The van der Waals surface area contributed by atoms with Gasteiger partial charge in [-0.3, -0.25) is 14.8 Å². The van der Waals surface area contributed by atoms with Crippen LogP contribution >= 0.6 is 0 Å². The fraction of sp³-hybridized carbons (Fsp3) is 0.200. The summed E-state index contributed by atoms with van der Waals surface area (Å²) in [6.45, 7) is -0.426. The SMILES string of the molecule is Cn1cnc(-c2cccc([N+](=O)[O-])c2CO)n1. The molecule has 0 unspecified atom stereocenters.